The first-order valence-corrected chi connectivity index (χ1v) is 10.5. The maximum absolute atomic E-state index is 13.6. The van der Waals surface area contributed by atoms with Crippen LogP contribution in [0.25, 0.3) is 10.9 Å². The summed E-state index contributed by atoms with van der Waals surface area (Å²) in [6, 6.07) is 11.0. The lowest BCUT2D eigenvalue weighted by atomic mass is 9.73. The maximum atomic E-state index is 13.6. The quantitative estimate of drug-likeness (QED) is 0.495. The van der Waals surface area contributed by atoms with Crippen LogP contribution < -0.4 is 10.1 Å². The molecule has 162 valence electrons. The molecular weight excluding hydrogens is 405 g/mol. The number of fused-ring (bicyclic) bond motifs is 1. The van der Waals surface area contributed by atoms with Gasteiger partial charge in [-0.25, -0.2) is 0 Å². The standard InChI is InChI=1S/C24H23F3N2O2/c1-22(11-12-22)21(30)29-20-14-28-19-8-7-15(13-16(19)20)31-23(9-4-10-23)17-5-2-3-6-18(17)24(25,26)27/h2-3,5-8,13-14,28H,4,9-12H2,1H3,(H,29,30). The van der Waals surface area contributed by atoms with Crippen molar-refractivity contribution in [1.29, 1.82) is 0 Å². The van der Waals surface area contributed by atoms with Crippen molar-refractivity contribution in [2.75, 3.05) is 5.32 Å². The molecule has 2 aromatic carbocycles. The van der Waals surface area contributed by atoms with Gasteiger partial charge in [-0.05, 0) is 56.4 Å². The van der Waals surface area contributed by atoms with Gasteiger partial charge in [0, 0.05) is 28.1 Å². The lowest BCUT2D eigenvalue weighted by molar-refractivity contribution is -0.141. The molecule has 5 rings (SSSR count). The van der Waals surface area contributed by atoms with Crippen molar-refractivity contribution >= 4 is 22.5 Å². The summed E-state index contributed by atoms with van der Waals surface area (Å²) in [5.74, 6) is 0.464. The number of alkyl halides is 3. The fraction of sp³-hybridized carbons (Fsp3) is 0.375. The number of nitrogens with one attached hydrogen (secondary N) is 2. The Balaban J connectivity index is 1.47. The van der Waals surface area contributed by atoms with Crippen molar-refractivity contribution in [1.82, 2.24) is 4.98 Å². The predicted octanol–water partition coefficient (Wildman–Crippen LogP) is 6.38. The van der Waals surface area contributed by atoms with Crippen LogP contribution in [0.3, 0.4) is 0 Å². The van der Waals surface area contributed by atoms with Gasteiger partial charge in [0.25, 0.3) is 0 Å². The Hall–Kier alpha value is -2.96. The molecule has 1 amide bonds. The number of benzene rings is 2. The molecule has 0 bridgehead atoms. The minimum absolute atomic E-state index is 0.0192. The normalized spacial score (nSPS) is 19.0. The van der Waals surface area contributed by atoms with Crippen molar-refractivity contribution in [3.8, 4) is 5.75 Å². The third-order valence-corrected chi connectivity index (χ3v) is 6.65. The number of ether oxygens (including phenoxy) is 1. The van der Waals surface area contributed by atoms with E-state index in [0.29, 0.717) is 24.3 Å². The van der Waals surface area contributed by atoms with Crippen LogP contribution in [0.1, 0.15) is 50.2 Å². The van der Waals surface area contributed by atoms with Crippen LogP contribution in [-0.2, 0) is 16.6 Å². The lowest BCUT2D eigenvalue weighted by Crippen LogP contribution is -2.41. The highest BCUT2D eigenvalue weighted by Crippen LogP contribution is 2.50. The lowest BCUT2D eigenvalue weighted by Gasteiger charge is -2.43. The second-order valence-corrected chi connectivity index (χ2v) is 8.92. The topological polar surface area (TPSA) is 54.1 Å². The number of halogens is 3. The second-order valence-electron chi connectivity index (χ2n) is 8.92. The minimum Gasteiger partial charge on any atom is -0.483 e. The molecule has 2 aliphatic rings. The van der Waals surface area contributed by atoms with E-state index >= 15 is 0 Å². The molecule has 1 aromatic heterocycles. The van der Waals surface area contributed by atoms with Crippen molar-refractivity contribution in [3.63, 3.8) is 0 Å². The largest absolute Gasteiger partial charge is 0.483 e. The smallest absolute Gasteiger partial charge is 0.416 e. The summed E-state index contributed by atoms with van der Waals surface area (Å²) in [7, 11) is 0. The first-order valence-electron chi connectivity index (χ1n) is 10.5. The summed E-state index contributed by atoms with van der Waals surface area (Å²) in [6.07, 6.45) is 0.881. The molecule has 1 heterocycles. The molecule has 2 aliphatic carbocycles. The zero-order valence-electron chi connectivity index (χ0n) is 17.1. The molecule has 2 fully saturated rings. The molecule has 0 radical (unpaired) electrons. The number of anilines is 1. The highest BCUT2D eigenvalue weighted by molar-refractivity contribution is 6.04. The predicted molar refractivity (Wildman–Crippen MR) is 112 cm³/mol. The van der Waals surface area contributed by atoms with Crippen LogP contribution in [0.2, 0.25) is 0 Å². The summed E-state index contributed by atoms with van der Waals surface area (Å²) in [4.78, 5) is 15.6. The van der Waals surface area contributed by atoms with Crippen LogP contribution in [0.5, 0.6) is 5.75 Å². The molecule has 7 heteroatoms. The zero-order chi connectivity index (χ0) is 21.9. The Morgan fingerprint density at radius 2 is 1.84 bits per heavy atom. The van der Waals surface area contributed by atoms with Gasteiger partial charge < -0.3 is 15.0 Å². The molecule has 2 N–H and O–H groups in total. The number of aromatic amines is 1. The zero-order valence-corrected chi connectivity index (χ0v) is 17.1. The average molecular weight is 428 g/mol. The third-order valence-electron chi connectivity index (χ3n) is 6.65. The summed E-state index contributed by atoms with van der Waals surface area (Å²) >= 11 is 0. The van der Waals surface area contributed by atoms with Gasteiger partial charge in [0.1, 0.15) is 11.4 Å². The number of amides is 1. The van der Waals surface area contributed by atoms with Crippen molar-refractivity contribution < 1.29 is 22.7 Å². The van der Waals surface area contributed by atoms with Gasteiger partial charge in [0.15, 0.2) is 0 Å². The highest BCUT2D eigenvalue weighted by atomic mass is 19.4. The molecule has 0 unspecified atom stereocenters. The Kier molecular flexibility index (Phi) is 4.36. The van der Waals surface area contributed by atoms with Crippen LogP contribution >= 0.6 is 0 Å². The number of carbonyl (C=O) groups is 1. The third kappa shape index (κ3) is 3.46. The van der Waals surface area contributed by atoms with Gasteiger partial charge in [0.05, 0.1) is 11.3 Å². The van der Waals surface area contributed by atoms with Crippen LogP contribution in [-0.4, -0.2) is 10.9 Å². The highest BCUT2D eigenvalue weighted by Gasteiger charge is 2.47. The summed E-state index contributed by atoms with van der Waals surface area (Å²) in [5.41, 5.74) is -0.310. The fourth-order valence-corrected chi connectivity index (χ4v) is 4.23. The van der Waals surface area contributed by atoms with Crippen molar-refractivity contribution in [2.45, 2.75) is 50.8 Å². The molecule has 2 saturated carbocycles. The molecule has 31 heavy (non-hydrogen) atoms. The van der Waals surface area contributed by atoms with Crippen LogP contribution in [0.4, 0.5) is 18.9 Å². The number of aromatic nitrogens is 1. The van der Waals surface area contributed by atoms with Gasteiger partial charge in [0.2, 0.25) is 5.91 Å². The molecule has 0 aliphatic heterocycles. The van der Waals surface area contributed by atoms with Gasteiger partial charge in [-0.3, -0.25) is 4.79 Å². The van der Waals surface area contributed by atoms with Gasteiger partial charge in [-0.1, -0.05) is 25.1 Å². The maximum Gasteiger partial charge on any atom is 0.416 e. The molecular formula is C24H23F3N2O2. The van der Waals surface area contributed by atoms with E-state index in [0.717, 1.165) is 36.2 Å². The number of hydrogen-bond acceptors (Lipinski definition) is 2. The average Bonchev–Trinajstić information content (AvgIpc) is 3.35. The van der Waals surface area contributed by atoms with E-state index in [2.05, 4.69) is 10.3 Å². The fourth-order valence-electron chi connectivity index (χ4n) is 4.23. The summed E-state index contributed by atoms with van der Waals surface area (Å²) in [6.45, 7) is 1.93. The first kappa shape index (κ1) is 20.0. The van der Waals surface area contributed by atoms with E-state index in [1.165, 1.54) is 12.1 Å². The minimum atomic E-state index is -4.44. The first-order chi connectivity index (χ1) is 14.7. The van der Waals surface area contributed by atoms with E-state index in [1.54, 1.807) is 24.4 Å². The van der Waals surface area contributed by atoms with E-state index in [9.17, 15) is 18.0 Å². The van der Waals surface area contributed by atoms with Crippen LogP contribution in [0, 0.1) is 5.41 Å². The van der Waals surface area contributed by atoms with Crippen LogP contribution in [0.15, 0.2) is 48.7 Å². The molecule has 4 nitrogen and oxygen atoms in total. The van der Waals surface area contributed by atoms with E-state index in [4.69, 9.17) is 4.74 Å². The summed E-state index contributed by atoms with van der Waals surface area (Å²) < 4.78 is 47.1. The Morgan fingerprint density at radius 1 is 1.10 bits per heavy atom. The van der Waals surface area contributed by atoms with Crippen molar-refractivity contribution in [2.24, 2.45) is 5.41 Å². The second kappa shape index (κ2) is 6.77. The summed E-state index contributed by atoms with van der Waals surface area (Å²) in [5, 5.41) is 3.74. The van der Waals surface area contributed by atoms with Gasteiger partial charge >= 0.3 is 6.18 Å². The van der Waals surface area contributed by atoms with E-state index in [1.807, 2.05) is 13.0 Å². The van der Waals surface area contributed by atoms with E-state index < -0.39 is 17.3 Å². The molecule has 3 aromatic rings. The van der Waals surface area contributed by atoms with Crippen molar-refractivity contribution in [3.05, 3.63) is 59.8 Å². The number of H-pyrrole nitrogens is 1. The van der Waals surface area contributed by atoms with E-state index in [-0.39, 0.29) is 16.9 Å². The van der Waals surface area contributed by atoms with Gasteiger partial charge in [-0.15, -0.1) is 0 Å². The molecule has 0 saturated heterocycles. The number of hydrogen-bond donors (Lipinski definition) is 2. The Morgan fingerprint density at radius 3 is 2.48 bits per heavy atom. The number of carbonyl (C=O) groups excluding carboxylic acids is 1. The van der Waals surface area contributed by atoms with Gasteiger partial charge in [-0.2, -0.15) is 13.2 Å². The number of rotatable bonds is 5. The Bertz CT molecular complexity index is 1160. The molecule has 0 atom stereocenters. The molecule has 0 spiro atoms. The SMILES string of the molecule is CC1(C(=O)Nc2c[nH]c3ccc(OC4(c5ccccc5C(F)(F)F)CCC4)cc23)CC1. The monoisotopic (exact) mass is 428 g/mol. The Labute approximate surface area is 177 Å².